The number of aromatic nitrogens is 1. The Morgan fingerprint density at radius 3 is 2.17 bits per heavy atom. The lowest BCUT2D eigenvalue weighted by molar-refractivity contribution is -0.277. The molecular weight excluding hydrogens is 290 g/mol. The summed E-state index contributed by atoms with van der Waals surface area (Å²) in [6.45, 7) is 0. The fraction of sp³-hybridized carbons (Fsp3) is 0.250. The lowest BCUT2D eigenvalue weighted by atomic mass is 10.2. The molecule has 18 heavy (non-hydrogen) atoms. The van der Waals surface area contributed by atoms with Crippen molar-refractivity contribution in [3.05, 3.63) is 22.3 Å². The Bertz CT molecular complexity index is 504. The number of nitriles is 1. The molecule has 0 aliphatic heterocycles. The van der Waals surface area contributed by atoms with Crippen molar-refractivity contribution >= 4 is 11.6 Å². The molecule has 10 heteroatoms. The number of pyridine rings is 1. The summed E-state index contributed by atoms with van der Waals surface area (Å²) in [5, 5.41) is 7.29. The summed E-state index contributed by atoms with van der Waals surface area (Å²) in [5.41, 5.74) is -2.62. The minimum Gasteiger partial charge on any atom is -0.387 e. The molecule has 1 rings (SSSR count). The van der Waals surface area contributed by atoms with Gasteiger partial charge in [-0.2, -0.15) is 18.4 Å². The van der Waals surface area contributed by atoms with Gasteiger partial charge in [0.15, 0.2) is 0 Å². The molecule has 0 spiro atoms. The van der Waals surface area contributed by atoms with Crippen LogP contribution in [0.15, 0.2) is 6.07 Å². The molecule has 0 bridgehead atoms. The Hall–Kier alpha value is -1.69. The van der Waals surface area contributed by atoms with Gasteiger partial charge in [-0.05, 0) is 6.07 Å². The average molecular weight is 291 g/mol. The van der Waals surface area contributed by atoms with E-state index in [-0.39, 0.29) is 0 Å². The number of rotatable bonds is 1. The number of halogens is 7. The van der Waals surface area contributed by atoms with Crippen LogP contribution in [0.3, 0.4) is 0 Å². The smallest absolute Gasteiger partial charge is 0.387 e. The molecule has 0 unspecified atom stereocenters. The monoisotopic (exact) mass is 290 g/mol. The second-order valence-electron chi connectivity index (χ2n) is 2.83. The summed E-state index contributed by atoms with van der Waals surface area (Å²) in [5.74, 6) is -1.81. The standard InChI is InChI=1S/C8HClF6N2O/c9-4-1-3(2-16)17-6(18-8(13,14)15)5(4)7(10,11)12/h1H. The zero-order chi connectivity index (χ0) is 14.1. The fourth-order valence-electron chi connectivity index (χ4n) is 0.989. The highest BCUT2D eigenvalue weighted by atomic mass is 35.5. The van der Waals surface area contributed by atoms with Crippen molar-refractivity contribution in [2.75, 3.05) is 0 Å². The number of hydrogen-bond acceptors (Lipinski definition) is 3. The average Bonchev–Trinajstić information content (AvgIpc) is 2.11. The zero-order valence-corrected chi connectivity index (χ0v) is 8.78. The predicted octanol–water partition coefficient (Wildman–Crippen LogP) is 3.52. The molecule has 1 aromatic heterocycles. The molecule has 0 N–H and O–H groups in total. The van der Waals surface area contributed by atoms with E-state index in [0.29, 0.717) is 6.07 Å². The number of ether oxygens (including phenoxy) is 1. The second kappa shape index (κ2) is 4.53. The number of alkyl halides is 6. The van der Waals surface area contributed by atoms with Crippen molar-refractivity contribution < 1.29 is 31.1 Å². The van der Waals surface area contributed by atoms with Crippen LogP contribution in [-0.2, 0) is 6.18 Å². The maximum absolute atomic E-state index is 12.5. The van der Waals surface area contributed by atoms with Gasteiger partial charge in [-0.1, -0.05) is 11.6 Å². The molecule has 0 saturated heterocycles. The van der Waals surface area contributed by atoms with Crippen LogP contribution in [0.25, 0.3) is 0 Å². The quantitative estimate of drug-likeness (QED) is 0.743. The van der Waals surface area contributed by atoms with Crippen molar-refractivity contribution in [1.29, 1.82) is 5.26 Å². The molecule has 0 amide bonds. The minimum absolute atomic E-state index is 0.494. The van der Waals surface area contributed by atoms with Crippen LogP contribution in [0.4, 0.5) is 26.3 Å². The van der Waals surface area contributed by atoms with E-state index in [1.54, 1.807) is 0 Å². The predicted molar refractivity (Wildman–Crippen MR) is 45.6 cm³/mol. The summed E-state index contributed by atoms with van der Waals surface area (Å²) in [6, 6.07) is 1.76. The van der Waals surface area contributed by atoms with E-state index in [1.165, 1.54) is 6.07 Å². The highest BCUT2D eigenvalue weighted by Crippen LogP contribution is 2.41. The normalized spacial score (nSPS) is 12.1. The van der Waals surface area contributed by atoms with Gasteiger partial charge in [-0.3, -0.25) is 0 Å². The van der Waals surface area contributed by atoms with E-state index in [4.69, 9.17) is 16.9 Å². The molecule has 98 valence electrons. The molecule has 0 saturated carbocycles. The molecule has 1 aromatic rings. The highest BCUT2D eigenvalue weighted by molar-refractivity contribution is 6.31. The first-order valence-corrected chi connectivity index (χ1v) is 4.36. The lowest BCUT2D eigenvalue weighted by Crippen LogP contribution is -2.21. The molecule has 0 aromatic carbocycles. The third-order valence-corrected chi connectivity index (χ3v) is 1.85. The van der Waals surface area contributed by atoms with Gasteiger partial charge >= 0.3 is 12.5 Å². The van der Waals surface area contributed by atoms with Crippen LogP contribution >= 0.6 is 11.6 Å². The van der Waals surface area contributed by atoms with Crippen LogP contribution in [0.2, 0.25) is 5.02 Å². The molecule has 3 nitrogen and oxygen atoms in total. The fourth-order valence-corrected chi connectivity index (χ4v) is 1.28. The lowest BCUT2D eigenvalue weighted by Gasteiger charge is -2.15. The molecule has 0 fully saturated rings. The molecule has 0 atom stereocenters. The maximum atomic E-state index is 12.5. The summed E-state index contributed by atoms with van der Waals surface area (Å²) in [6.07, 6.45) is -10.6. The molecule has 1 heterocycles. The van der Waals surface area contributed by atoms with E-state index in [9.17, 15) is 26.3 Å². The van der Waals surface area contributed by atoms with Crippen LogP contribution in [0.1, 0.15) is 11.3 Å². The third kappa shape index (κ3) is 3.40. The Morgan fingerprint density at radius 1 is 1.22 bits per heavy atom. The van der Waals surface area contributed by atoms with Gasteiger partial charge in [-0.25, -0.2) is 4.98 Å². The van der Waals surface area contributed by atoms with Crippen molar-refractivity contribution in [2.45, 2.75) is 12.5 Å². The largest absolute Gasteiger partial charge is 0.574 e. The number of nitrogens with zero attached hydrogens (tertiary/aromatic N) is 2. The highest BCUT2D eigenvalue weighted by Gasteiger charge is 2.42. The van der Waals surface area contributed by atoms with Gasteiger partial charge < -0.3 is 4.74 Å². The number of hydrogen-bond donors (Lipinski definition) is 0. The minimum atomic E-state index is -5.38. The van der Waals surface area contributed by atoms with Crippen LogP contribution < -0.4 is 4.74 Å². The summed E-state index contributed by atoms with van der Waals surface area (Å²) in [7, 11) is 0. The van der Waals surface area contributed by atoms with Crippen LogP contribution in [0.5, 0.6) is 5.88 Å². The molecule has 0 aliphatic rings. The first-order chi connectivity index (χ1) is 8.04. The SMILES string of the molecule is N#Cc1cc(Cl)c(C(F)(F)F)c(OC(F)(F)F)n1. The molecular formula is C8HClF6N2O. The van der Waals surface area contributed by atoms with Crippen molar-refractivity contribution in [1.82, 2.24) is 4.98 Å². The Labute approximate surface area is 101 Å². The molecule has 0 radical (unpaired) electrons. The van der Waals surface area contributed by atoms with E-state index in [2.05, 4.69) is 9.72 Å². The van der Waals surface area contributed by atoms with Crippen LogP contribution in [-0.4, -0.2) is 11.3 Å². The zero-order valence-electron chi connectivity index (χ0n) is 8.03. The third-order valence-electron chi connectivity index (χ3n) is 1.55. The first kappa shape index (κ1) is 14.4. The van der Waals surface area contributed by atoms with E-state index >= 15 is 0 Å². The Morgan fingerprint density at radius 2 is 1.78 bits per heavy atom. The van der Waals surface area contributed by atoms with Gasteiger partial charge in [0.05, 0.1) is 5.02 Å². The van der Waals surface area contributed by atoms with Gasteiger partial charge in [0.2, 0.25) is 5.88 Å². The summed E-state index contributed by atoms with van der Waals surface area (Å²) in [4.78, 5) is 2.80. The van der Waals surface area contributed by atoms with Crippen LogP contribution in [0, 0.1) is 11.3 Å². The van der Waals surface area contributed by atoms with Gasteiger partial charge in [-0.15, -0.1) is 13.2 Å². The first-order valence-electron chi connectivity index (χ1n) is 3.98. The topological polar surface area (TPSA) is 45.9 Å². The van der Waals surface area contributed by atoms with Crippen molar-refractivity contribution in [2.24, 2.45) is 0 Å². The van der Waals surface area contributed by atoms with E-state index in [0.717, 1.165) is 0 Å². The van der Waals surface area contributed by atoms with E-state index < -0.39 is 34.7 Å². The van der Waals surface area contributed by atoms with Gasteiger partial charge in [0.25, 0.3) is 0 Å². The second-order valence-corrected chi connectivity index (χ2v) is 3.23. The van der Waals surface area contributed by atoms with Gasteiger partial charge in [0, 0.05) is 0 Å². The molecule has 0 aliphatic carbocycles. The maximum Gasteiger partial charge on any atom is 0.574 e. The summed E-state index contributed by atoms with van der Waals surface area (Å²) < 4.78 is 76.3. The summed E-state index contributed by atoms with van der Waals surface area (Å²) >= 11 is 5.17. The van der Waals surface area contributed by atoms with Gasteiger partial charge in [0.1, 0.15) is 17.3 Å². The van der Waals surface area contributed by atoms with Crippen molar-refractivity contribution in [3.63, 3.8) is 0 Å². The van der Waals surface area contributed by atoms with Crippen molar-refractivity contribution in [3.8, 4) is 11.9 Å². The Balaban J connectivity index is 3.45. The van der Waals surface area contributed by atoms with E-state index in [1.807, 2.05) is 0 Å². The Kier molecular flexibility index (Phi) is 3.62.